The van der Waals surface area contributed by atoms with Crippen LogP contribution in [-0.2, 0) is 27.1 Å². The fourth-order valence-electron chi connectivity index (χ4n) is 4.52. The highest BCUT2D eigenvalue weighted by atomic mass is 32.2. The molecule has 3 atom stereocenters. The largest absolute Gasteiger partial charge is 0.497 e. The number of rotatable bonds is 10. The highest BCUT2D eigenvalue weighted by Crippen LogP contribution is 2.32. The molecule has 0 unspecified atom stereocenters. The zero-order valence-corrected chi connectivity index (χ0v) is 25.6. The maximum atomic E-state index is 13.7. The molecule has 0 bridgehead atoms. The minimum atomic E-state index is -4.04. The van der Waals surface area contributed by atoms with Crippen LogP contribution in [-0.4, -0.2) is 92.6 Å². The Kier molecular flexibility index (Phi) is 9.15. The van der Waals surface area contributed by atoms with Gasteiger partial charge in [-0.25, -0.2) is 13.4 Å². The Hall–Kier alpha value is -3.66. The molecule has 2 aromatic carbocycles. The van der Waals surface area contributed by atoms with E-state index in [1.807, 2.05) is 6.92 Å². The molecule has 3 aromatic rings. The quantitative estimate of drug-likeness (QED) is 0.344. The van der Waals surface area contributed by atoms with Gasteiger partial charge in [0.2, 0.25) is 10.0 Å². The van der Waals surface area contributed by atoms with Crippen molar-refractivity contribution in [2.24, 2.45) is 13.0 Å². The summed E-state index contributed by atoms with van der Waals surface area (Å²) in [5.41, 5.74) is 0.173. The van der Waals surface area contributed by atoms with Crippen molar-refractivity contribution < 1.29 is 36.2 Å². The van der Waals surface area contributed by atoms with Crippen molar-refractivity contribution >= 4 is 31.6 Å². The van der Waals surface area contributed by atoms with Crippen LogP contribution in [0.15, 0.2) is 64.9 Å². The average molecular weight is 622 g/mol. The number of likely N-dealkylation sites (N-methyl/N-ethyl adjacent to an activating group) is 1. The van der Waals surface area contributed by atoms with E-state index in [0.29, 0.717) is 5.75 Å². The minimum absolute atomic E-state index is 0.0431. The first-order valence-electron chi connectivity index (χ1n) is 13.1. The summed E-state index contributed by atoms with van der Waals surface area (Å²) in [6.07, 6.45) is 2.00. The molecule has 0 fully saturated rings. The number of carbonyl (C=O) groups excluding carboxylic acids is 1. The number of amides is 1. The number of hydrogen-bond acceptors (Lipinski definition) is 9. The number of fused-ring (bicyclic) bond motifs is 1. The van der Waals surface area contributed by atoms with E-state index in [1.165, 1.54) is 70.8 Å². The monoisotopic (exact) mass is 621 g/mol. The molecule has 0 spiro atoms. The van der Waals surface area contributed by atoms with E-state index in [2.05, 4.69) is 9.71 Å². The topological polar surface area (TPSA) is 160 Å². The van der Waals surface area contributed by atoms with Gasteiger partial charge in [-0.15, -0.1) is 0 Å². The van der Waals surface area contributed by atoms with Gasteiger partial charge in [0.15, 0.2) is 5.03 Å². The number of nitrogens with one attached hydrogen (secondary N) is 1. The van der Waals surface area contributed by atoms with Gasteiger partial charge in [0.1, 0.15) is 17.6 Å². The Balaban J connectivity index is 1.67. The number of carbonyl (C=O) groups is 1. The van der Waals surface area contributed by atoms with Crippen LogP contribution in [0, 0.1) is 5.92 Å². The predicted octanol–water partition coefficient (Wildman–Crippen LogP) is 1.77. The van der Waals surface area contributed by atoms with Gasteiger partial charge in [0.05, 0.1) is 43.1 Å². The lowest BCUT2D eigenvalue weighted by atomic mass is 9.99. The summed E-state index contributed by atoms with van der Waals surface area (Å²) in [5.74, 6) is -0.126. The third kappa shape index (κ3) is 6.53. The Bertz CT molecular complexity index is 1640. The van der Waals surface area contributed by atoms with Gasteiger partial charge in [-0.3, -0.25) is 9.52 Å². The lowest BCUT2D eigenvalue weighted by molar-refractivity contribution is 0.0387. The number of hydrogen-bond donors (Lipinski definition) is 2. The molecular formula is C27H35N5O8S2. The van der Waals surface area contributed by atoms with E-state index in [4.69, 9.17) is 9.47 Å². The zero-order chi connectivity index (χ0) is 30.8. The number of ether oxygens (including phenoxy) is 2. The first kappa shape index (κ1) is 31.3. The Morgan fingerprint density at radius 3 is 2.48 bits per heavy atom. The lowest BCUT2D eigenvalue weighted by Crippen LogP contribution is -2.50. The standard InChI is InChI=1S/C27H35N5O8S2/c1-18-13-32(19(2)16-33)27(34)23-12-20(29-41(35,36)26-15-30(3)17-28-26)6-11-24(23)40-25(18)14-31(4)42(37,38)22-9-7-21(39-5)8-10-22/h6-12,15,17-19,25,29,33H,13-14,16H2,1-5H3/t18-,19+,25+/m1/s1. The van der Waals surface area contributed by atoms with Crippen molar-refractivity contribution in [3.63, 3.8) is 0 Å². The fraction of sp³-hybridized carbons (Fsp3) is 0.407. The van der Waals surface area contributed by atoms with E-state index >= 15 is 0 Å². The normalized spacial score (nSPS) is 18.5. The zero-order valence-electron chi connectivity index (χ0n) is 24.0. The molecule has 42 heavy (non-hydrogen) atoms. The average Bonchev–Trinajstić information content (AvgIpc) is 3.41. The summed E-state index contributed by atoms with van der Waals surface area (Å²) in [7, 11) is -3.35. The van der Waals surface area contributed by atoms with Gasteiger partial charge in [0.25, 0.3) is 15.9 Å². The number of aliphatic hydroxyl groups excluding tert-OH is 1. The van der Waals surface area contributed by atoms with Crippen molar-refractivity contribution in [1.82, 2.24) is 18.8 Å². The number of methoxy groups -OCH3 is 1. The van der Waals surface area contributed by atoms with Crippen molar-refractivity contribution in [1.29, 1.82) is 0 Å². The molecule has 15 heteroatoms. The summed E-state index contributed by atoms with van der Waals surface area (Å²) in [5, 5.41) is 9.71. The number of benzene rings is 2. The summed E-state index contributed by atoms with van der Waals surface area (Å²) in [4.78, 5) is 19.1. The van der Waals surface area contributed by atoms with Gasteiger partial charge >= 0.3 is 0 Å². The summed E-state index contributed by atoms with van der Waals surface area (Å²) in [6.45, 7) is 3.33. The van der Waals surface area contributed by atoms with Gasteiger partial charge in [0, 0.05) is 38.4 Å². The molecule has 0 saturated carbocycles. The van der Waals surface area contributed by atoms with Crippen molar-refractivity contribution in [3.05, 3.63) is 60.6 Å². The second kappa shape index (κ2) is 12.3. The van der Waals surface area contributed by atoms with Crippen molar-refractivity contribution in [3.8, 4) is 11.5 Å². The number of aryl methyl sites for hydroxylation is 1. The third-order valence-electron chi connectivity index (χ3n) is 7.08. The maximum absolute atomic E-state index is 13.7. The highest BCUT2D eigenvalue weighted by Gasteiger charge is 2.35. The number of aromatic nitrogens is 2. The van der Waals surface area contributed by atoms with E-state index in [1.54, 1.807) is 26.1 Å². The Morgan fingerprint density at radius 2 is 1.88 bits per heavy atom. The molecule has 0 radical (unpaired) electrons. The molecule has 0 saturated heterocycles. The fourth-order valence-corrected chi connectivity index (χ4v) is 6.73. The highest BCUT2D eigenvalue weighted by molar-refractivity contribution is 7.92. The Morgan fingerprint density at radius 1 is 1.19 bits per heavy atom. The smallest absolute Gasteiger partial charge is 0.280 e. The van der Waals surface area contributed by atoms with Gasteiger partial charge in [-0.05, 0) is 49.4 Å². The van der Waals surface area contributed by atoms with Crippen LogP contribution in [0.5, 0.6) is 11.5 Å². The van der Waals surface area contributed by atoms with Gasteiger partial charge in [-0.2, -0.15) is 12.7 Å². The maximum Gasteiger partial charge on any atom is 0.280 e. The molecule has 1 aliphatic heterocycles. The predicted molar refractivity (Wildman–Crippen MR) is 154 cm³/mol. The van der Waals surface area contributed by atoms with Gasteiger partial charge in [-0.1, -0.05) is 6.92 Å². The summed E-state index contributed by atoms with van der Waals surface area (Å²) < 4.78 is 68.9. The number of aliphatic hydroxyl groups is 1. The number of nitrogens with zero attached hydrogens (tertiary/aromatic N) is 4. The van der Waals surface area contributed by atoms with Crippen LogP contribution in [0.1, 0.15) is 24.2 Å². The number of anilines is 1. The first-order chi connectivity index (χ1) is 19.8. The molecular weight excluding hydrogens is 586 g/mol. The van der Waals surface area contributed by atoms with Crippen molar-refractivity contribution in [2.75, 3.05) is 38.6 Å². The van der Waals surface area contributed by atoms with Crippen molar-refractivity contribution in [2.45, 2.75) is 35.9 Å². The third-order valence-corrected chi connectivity index (χ3v) is 10.2. The molecule has 4 rings (SSSR count). The molecule has 1 aromatic heterocycles. The summed E-state index contributed by atoms with van der Waals surface area (Å²) in [6, 6.07) is 9.75. The SMILES string of the molecule is COc1ccc(S(=O)(=O)N(C)C[C@@H]2Oc3ccc(NS(=O)(=O)c4cn(C)cn4)cc3C(=O)N([C@@H](C)CO)C[C@H]2C)cc1. The van der Waals surface area contributed by atoms with Crippen LogP contribution in [0.2, 0.25) is 0 Å². The molecule has 1 amide bonds. The van der Waals surface area contributed by atoms with E-state index < -0.39 is 38.1 Å². The lowest BCUT2D eigenvalue weighted by Gasteiger charge is -2.38. The van der Waals surface area contributed by atoms with Crippen LogP contribution in [0.3, 0.4) is 0 Å². The molecule has 13 nitrogen and oxygen atoms in total. The van der Waals surface area contributed by atoms with Crippen LogP contribution >= 0.6 is 0 Å². The second-order valence-corrected chi connectivity index (χ2v) is 14.0. The first-order valence-corrected chi connectivity index (χ1v) is 16.0. The number of imidazole rings is 1. The van der Waals surface area contributed by atoms with Crippen LogP contribution in [0.25, 0.3) is 0 Å². The van der Waals surface area contributed by atoms with E-state index in [0.717, 1.165) is 0 Å². The number of sulfonamides is 2. The van der Waals surface area contributed by atoms with E-state index in [-0.39, 0.29) is 52.5 Å². The second-order valence-electron chi connectivity index (χ2n) is 10.3. The molecule has 2 N–H and O–H groups in total. The van der Waals surface area contributed by atoms with Crippen LogP contribution < -0.4 is 14.2 Å². The minimum Gasteiger partial charge on any atom is -0.497 e. The molecule has 0 aliphatic carbocycles. The molecule has 2 heterocycles. The Labute approximate surface area is 245 Å². The van der Waals surface area contributed by atoms with Gasteiger partial charge < -0.3 is 24.0 Å². The molecule has 1 aliphatic rings. The molecule has 228 valence electrons. The summed E-state index contributed by atoms with van der Waals surface area (Å²) >= 11 is 0. The van der Waals surface area contributed by atoms with Crippen LogP contribution in [0.4, 0.5) is 5.69 Å². The van der Waals surface area contributed by atoms with E-state index in [9.17, 15) is 26.7 Å².